The standard InChI is InChI=1S/C32H34N6O3/c1-37(2)27-13-9-25(10-14-27)31(39)35-33-21-23-5-17-29(18-6-23)41-30-19-7-24(8-20-30)22-34-36-32(40)26-11-15-28(16-12-26)38(3)4/h5-21,34H,22H2,1-4H3,(H,35,39)(H,36,40). The highest BCUT2D eigenvalue weighted by Crippen LogP contribution is 2.22. The highest BCUT2D eigenvalue weighted by molar-refractivity contribution is 5.95. The summed E-state index contributed by atoms with van der Waals surface area (Å²) in [7, 11) is 7.81. The molecular weight excluding hydrogens is 516 g/mol. The first-order valence-electron chi connectivity index (χ1n) is 13.1. The van der Waals surface area contributed by atoms with E-state index in [2.05, 4.69) is 21.4 Å². The zero-order chi connectivity index (χ0) is 29.2. The molecule has 0 radical (unpaired) electrons. The lowest BCUT2D eigenvalue weighted by atomic mass is 10.2. The number of benzene rings is 4. The fraction of sp³-hybridized carbons (Fsp3) is 0.156. The van der Waals surface area contributed by atoms with Gasteiger partial charge in [0.1, 0.15) is 11.5 Å². The maximum atomic E-state index is 12.3. The van der Waals surface area contributed by atoms with Crippen molar-refractivity contribution in [3.63, 3.8) is 0 Å². The number of hydrazone groups is 1. The van der Waals surface area contributed by atoms with Gasteiger partial charge in [0.25, 0.3) is 11.8 Å². The van der Waals surface area contributed by atoms with E-state index >= 15 is 0 Å². The highest BCUT2D eigenvalue weighted by atomic mass is 16.5. The SMILES string of the molecule is CN(C)c1ccc(C(=O)NN=Cc2ccc(Oc3ccc(CNNC(=O)c4ccc(N(C)C)cc4)cc3)cc2)cc1. The molecule has 0 heterocycles. The monoisotopic (exact) mass is 550 g/mol. The molecule has 0 saturated carbocycles. The van der Waals surface area contributed by atoms with Crippen LogP contribution in [0.5, 0.6) is 11.5 Å². The van der Waals surface area contributed by atoms with Crippen molar-refractivity contribution in [1.82, 2.24) is 16.3 Å². The maximum Gasteiger partial charge on any atom is 0.271 e. The molecule has 210 valence electrons. The van der Waals surface area contributed by atoms with Crippen LogP contribution in [0.2, 0.25) is 0 Å². The van der Waals surface area contributed by atoms with Gasteiger partial charge in [0.2, 0.25) is 0 Å². The second-order valence-corrected chi connectivity index (χ2v) is 9.70. The molecule has 4 aromatic carbocycles. The van der Waals surface area contributed by atoms with Gasteiger partial charge < -0.3 is 14.5 Å². The average Bonchev–Trinajstić information content (AvgIpc) is 2.99. The van der Waals surface area contributed by atoms with Gasteiger partial charge in [0, 0.05) is 57.2 Å². The number of hydrazine groups is 1. The van der Waals surface area contributed by atoms with Crippen LogP contribution in [-0.4, -0.2) is 46.2 Å². The van der Waals surface area contributed by atoms with Gasteiger partial charge in [-0.3, -0.25) is 15.0 Å². The molecule has 0 aliphatic heterocycles. The molecule has 9 heteroatoms. The van der Waals surface area contributed by atoms with E-state index in [0.29, 0.717) is 29.2 Å². The van der Waals surface area contributed by atoms with Crippen LogP contribution in [0.3, 0.4) is 0 Å². The van der Waals surface area contributed by atoms with Crippen molar-refractivity contribution in [2.75, 3.05) is 38.0 Å². The first-order chi connectivity index (χ1) is 19.8. The van der Waals surface area contributed by atoms with Crippen molar-refractivity contribution >= 4 is 29.4 Å². The third-order valence-corrected chi connectivity index (χ3v) is 6.21. The Balaban J connectivity index is 1.21. The zero-order valence-electron chi connectivity index (χ0n) is 23.6. The number of anilines is 2. The molecule has 0 spiro atoms. The van der Waals surface area contributed by atoms with Crippen LogP contribution in [0.15, 0.2) is 102 Å². The minimum atomic E-state index is -0.276. The Morgan fingerprint density at radius 2 is 1.17 bits per heavy atom. The molecule has 4 rings (SSSR count). The molecule has 4 aromatic rings. The predicted octanol–water partition coefficient (Wildman–Crippen LogP) is 4.81. The summed E-state index contributed by atoms with van der Waals surface area (Å²) >= 11 is 0. The number of amides is 2. The molecule has 0 unspecified atom stereocenters. The van der Waals surface area contributed by atoms with Crippen LogP contribution in [0, 0.1) is 0 Å². The van der Waals surface area contributed by atoms with Gasteiger partial charge in [-0.25, -0.2) is 10.9 Å². The smallest absolute Gasteiger partial charge is 0.271 e. The molecule has 9 nitrogen and oxygen atoms in total. The van der Waals surface area contributed by atoms with E-state index in [-0.39, 0.29) is 11.8 Å². The van der Waals surface area contributed by atoms with Crippen molar-refractivity contribution in [3.8, 4) is 11.5 Å². The third-order valence-electron chi connectivity index (χ3n) is 6.21. The van der Waals surface area contributed by atoms with Crippen molar-refractivity contribution in [1.29, 1.82) is 0 Å². The second kappa shape index (κ2) is 13.8. The number of nitrogens with one attached hydrogen (secondary N) is 3. The molecule has 0 atom stereocenters. The number of carbonyl (C=O) groups excluding carboxylic acids is 2. The fourth-order valence-corrected chi connectivity index (χ4v) is 3.78. The Morgan fingerprint density at radius 1 is 0.683 bits per heavy atom. The minimum Gasteiger partial charge on any atom is -0.457 e. The average molecular weight is 551 g/mol. The Kier molecular flexibility index (Phi) is 9.69. The van der Waals surface area contributed by atoms with E-state index in [1.807, 2.05) is 111 Å². The van der Waals surface area contributed by atoms with Crippen molar-refractivity contribution in [2.24, 2.45) is 5.10 Å². The third kappa shape index (κ3) is 8.42. The summed E-state index contributed by atoms with van der Waals surface area (Å²) in [5.41, 5.74) is 13.2. The minimum absolute atomic E-state index is 0.193. The van der Waals surface area contributed by atoms with Gasteiger partial charge >= 0.3 is 0 Å². The quantitative estimate of drug-likeness (QED) is 0.183. The largest absolute Gasteiger partial charge is 0.457 e. The molecule has 0 saturated heterocycles. The molecule has 2 amide bonds. The van der Waals surface area contributed by atoms with E-state index in [9.17, 15) is 9.59 Å². The van der Waals surface area contributed by atoms with Crippen LogP contribution < -0.4 is 30.8 Å². The number of nitrogens with zero attached hydrogens (tertiary/aromatic N) is 3. The summed E-state index contributed by atoms with van der Waals surface area (Å²) in [6, 6.07) is 29.7. The first kappa shape index (κ1) is 28.8. The normalized spacial score (nSPS) is 10.7. The summed E-state index contributed by atoms with van der Waals surface area (Å²) in [5.74, 6) is 0.891. The number of hydrogen-bond donors (Lipinski definition) is 3. The Hall–Kier alpha value is -5.15. The van der Waals surface area contributed by atoms with Crippen molar-refractivity contribution < 1.29 is 14.3 Å². The van der Waals surface area contributed by atoms with Crippen LogP contribution in [0.4, 0.5) is 11.4 Å². The molecule has 0 aliphatic rings. The van der Waals surface area contributed by atoms with Crippen LogP contribution in [0.1, 0.15) is 31.8 Å². The molecule has 0 bridgehead atoms. The molecular formula is C32H34N6O3. The van der Waals surface area contributed by atoms with E-state index in [1.165, 1.54) is 0 Å². The van der Waals surface area contributed by atoms with Gasteiger partial charge in [0.05, 0.1) is 6.21 Å². The van der Waals surface area contributed by atoms with E-state index in [1.54, 1.807) is 30.5 Å². The van der Waals surface area contributed by atoms with E-state index in [0.717, 1.165) is 22.5 Å². The molecule has 41 heavy (non-hydrogen) atoms. The summed E-state index contributed by atoms with van der Waals surface area (Å²) in [5, 5.41) is 4.05. The molecule has 0 fully saturated rings. The maximum absolute atomic E-state index is 12.3. The second-order valence-electron chi connectivity index (χ2n) is 9.70. The fourth-order valence-electron chi connectivity index (χ4n) is 3.78. The Bertz CT molecular complexity index is 1460. The van der Waals surface area contributed by atoms with Gasteiger partial charge in [-0.2, -0.15) is 5.10 Å². The molecule has 3 N–H and O–H groups in total. The van der Waals surface area contributed by atoms with Gasteiger partial charge in [-0.05, 0) is 96.1 Å². The highest BCUT2D eigenvalue weighted by Gasteiger charge is 2.07. The number of ether oxygens (including phenoxy) is 1. The lowest BCUT2D eigenvalue weighted by molar-refractivity contribution is 0.0929. The van der Waals surface area contributed by atoms with Crippen molar-refractivity contribution in [3.05, 3.63) is 119 Å². The molecule has 0 aromatic heterocycles. The van der Waals surface area contributed by atoms with E-state index < -0.39 is 0 Å². The van der Waals surface area contributed by atoms with Crippen LogP contribution >= 0.6 is 0 Å². The summed E-state index contributed by atoms with van der Waals surface area (Å²) in [4.78, 5) is 28.6. The topological polar surface area (TPSA) is 98.3 Å². The van der Waals surface area contributed by atoms with E-state index in [4.69, 9.17) is 4.74 Å². The number of carbonyl (C=O) groups is 2. The van der Waals surface area contributed by atoms with Crippen LogP contribution in [0.25, 0.3) is 0 Å². The Labute approximate surface area is 240 Å². The number of hydrogen-bond acceptors (Lipinski definition) is 7. The zero-order valence-corrected chi connectivity index (χ0v) is 23.6. The summed E-state index contributed by atoms with van der Waals surface area (Å²) < 4.78 is 5.93. The van der Waals surface area contributed by atoms with Gasteiger partial charge in [-0.1, -0.05) is 12.1 Å². The first-order valence-corrected chi connectivity index (χ1v) is 13.1. The summed E-state index contributed by atoms with van der Waals surface area (Å²) in [6.45, 7) is 0.466. The van der Waals surface area contributed by atoms with Crippen molar-refractivity contribution in [2.45, 2.75) is 6.54 Å². The number of rotatable bonds is 11. The van der Waals surface area contributed by atoms with Crippen LogP contribution in [-0.2, 0) is 6.54 Å². The van der Waals surface area contributed by atoms with Gasteiger partial charge in [-0.15, -0.1) is 0 Å². The van der Waals surface area contributed by atoms with Gasteiger partial charge in [0.15, 0.2) is 0 Å². The lowest BCUT2D eigenvalue weighted by Crippen LogP contribution is -2.36. The molecule has 0 aliphatic carbocycles. The lowest BCUT2D eigenvalue weighted by Gasteiger charge is -2.13. The summed E-state index contributed by atoms with van der Waals surface area (Å²) in [6.07, 6.45) is 1.58. The predicted molar refractivity (Wildman–Crippen MR) is 164 cm³/mol. The Morgan fingerprint density at radius 3 is 1.68 bits per heavy atom.